The molecular formula is C24H26FN3O. The molecule has 0 bridgehead atoms. The van der Waals surface area contributed by atoms with Crippen LogP contribution in [-0.2, 0) is 6.54 Å². The van der Waals surface area contributed by atoms with Crippen LogP contribution < -0.4 is 15.0 Å². The predicted octanol–water partition coefficient (Wildman–Crippen LogP) is 4.65. The van der Waals surface area contributed by atoms with Gasteiger partial charge < -0.3 is 15.0 Å². The van der Waals surface area contributed by atoms with Gasteiger partial charge in [-0.05, 0) is 80.0 Å². The summed E-state index contributed by atoms with van der Waals surface area (Å²) >= 11 is 0. The molecule has 0 unspecified atom stereocenters. The molecule has 5 heteroatoms. The van der Waals surface area contributed by atoms with Crippen LogP contribution in [0.1, 0.15) is 18.4 Å². The van der Waals surface area contributed by atoms with E-state index in [1.165, 1.54) is 11.8 Å². The molecule has 4 rings (SSSR count). The van der Waals surface area contributed by atoms with E-state index in [9.17, 15) is 4.39 Å². The Bertz CT molecular complexity index is 939. The zero-order valence-corrected chi connectivity index (χ0v) is 16.6. The molecule has 1 N–H and O–H groups in total. The third-order valence-corrected chi connectivity index (χ3v) is 5.48. The molecule has 0 atom stereocenters. The molecule has 4 nitrogen and oxygen atoms in total. The van der Waals surface area contributed by atoms with E-state index in [1.54, 1.807) is 25.4 Å². The molecule has 1 aliphatic rings. The van der Waals surface area contributed by atoms with Crippen LogP contribution in [-0.4, -0.2) is 31.2 Å². The number of rotatable bonds is 6. The Hall–Kier alpha value is -2.92. The van der Waals surface area contributed by atoms with Crippen molar-refractivity contribution in [2.45, 2.75) is 25.4 Å². The van der Waals surface area contributed by atoms with Crippen molar-refractivity contribution in [1.29, 1.82) is 0 Å². The van der Waals surface area contributed by atoms with Crippen LogP contribution in [0.4, 0.5) is 10.1 Å². The van der Waals surface area contributed by atoms with Crippen molar-refractivity contribution in [3.05, 3.63) is 78.2 Å². The van der Waals surface area contributed by atoms with Gasteiger partial charge in [0.05, 0.1) is 12.8 Å². The third-order valence-electron chi connectivity index (χ3n) is 5.48. The number of methoxy groups -OCH3 is 1. The molecule has 29 heavy (non-hydrogen) atoms. The van der Waals surface area contributed by atoms with Crippen molar-refractivity contribution in [3.8, 4) is 17.0 Å². The van der Waals surface area contributed by atoms with Crippen LogP contribution in [0.15, 0.2) is 66.9 Å². The summed E-state index contributed by atoms with van der Waals surface area (Å²) in [5.41, 5.74) is 3.49. The maximum absolute atomic E-state index is 14.2. The second-order valence-electron chi connectivity index (χ2n) is 7.34. The van der Waals surface area contributed by atoms with Crippen molar-refractivity contribution in [1.82, 2.24) is 10.3 Å². The molecule has 2 heterocycles. The van der Waals surface area contributed by atoms with E-state index in [0.717, 1.165) is 43.8 Å². The van der Waals surface area contributed by atoms with Crippen molar-refractivity contribution in [3.63, 3.8) is 0 Å². The molecule has 150 valence electrons. The Morgan fingerprint density at radius 2 is 1.83 bits per heavy atom. The summed E-state index contributed by atoms with van der Waals surface area (Å²) in [4.78, 5) is 6.85. The zero-order chi connectivity index (χ0) is 20.1. The average molecular weight is 391 g/mol. The minimum absolute atomic E-state index is 0.248. The molecule has 0 radical (unpaired) electrons. The topological polar surface area (TPSA) is 37.4 Å². The van der Waals surface area contributed by atoms with Crippen molar-refractivity contribution in [2.75, 3.05) is 25.1 Å². The normalized spacial score (nSPS) is 14.6. The fraction of sp³-hybridized carbons (Fsp3) is 0.292. The number of pyridine rings is 1. The fourth-order valence-corrected chi connectivity index (χ4v) is 3.91. The first-order chi connectivity index (χ1) is 14.2. The third kappa shape index (κ3) is 4.57. The van der Waals surface area contributed by atoms with Gasteiger partial charge in [0.15, 0.2) is 0 Å². The zero-order valence-electron chi connectivity index (χ0n) is 16.6. The molecular weight excluding hydrogens is 365 g/mol. The van der Waals surface area contributed by atoms with Gasteiger partial charge >= 0.3 is 0 Å². The molecule has 1 aliphatic heterocycles. The first-order valence-corrected chi connectivity index (χ1v) is 10.1. The van der Waals surface area contributed by atoms with Crippen LogP contribution in [0, 0.1) is 5.82 Å². The molecule has 0 aliphatic carbocycles. The summed E-state index contributed by atoms with van der Waals surface area (Å²) in [6, 6.07) is 19.5. The Morgan fingerprint density at radius 3 is 2.55 bits per heavy atom. The van der Waals surface area contributed by atoms with Crippen molar-refractivity contribution in [2.24, 2.45) is 0 Å². The van der Waals surface area contributed by atoms with Crippen molar-refractivity contribution < 1.29 is 9.13 Å². The lowest BCUT2D eigenvalue weighted by Crippen LogP contribution is -2.43. The van der Waals surface area contributed by atoms with Gasteiger partial charge in [-0.1, -0.05) is 12.1 Å². The highest BCUT2D eigenvalue weighted by molar-refractivity contribution is 5.61. The SMILES string of the molecule is COc1ccc(N(Cc2ccnc(-c3ccccc3F)c2)C2CCNCC2)cc1. The lowest BCUT2D eigenvalue weighted by atomic mass is 10.0. The van der Waals surface area contributed by atoms with Gasteiger partial charge in [-0.25, -0.2) is 4.39 Å². The number of nitrogens with zero attached hydrogens (tertiary/aromatic N) is 2. The molecule has 0 saturated carbocycles. The van der Waals surface area contributed by atoms with Gasteiger partial charge in [-0.3, -0.25) is 4.98 Å². The number of hydrogen-bond acceptors (Lipinski definition) is 4. The van der Waals surface area contributed by atoms with E-state index < -0.39 is 0 Å². The molecule has 3 aromatic rings. The minimum Gasteiger partial charge on any atom is -0.497 e. The fourth-order valence-electron chi connectivity index (χ4n) is 3.91. The van der Waals surface area contributed by atoms with Gasteiger partial charge in [0.1, 0.15) is 11.6 Å². The molecule has 1 fully saturated rings. The number of nitrogens with one attached hydrogen (secondary N) is 1. The second kappa shape index (κ2) is 9.05. The Kier molecular flexibility index (Phi) is 6.06. The Balaban J connectivity index is 1.63. The van der Waals surface area contributed by atoms with Crippen LogP contribution in [0.5, 0.6) is 5.75 Å². The number of ether oxygens (including phenoxy) is 1. The van der Waals surface area contributed by atoms with Gasteiger partial charge in [-0.2, -0.15) is 0 Å². The highest BCUT2D eigenvalue weighted by atomic mass is 19.1. The minimum atomic E-state index is -0.248. The summed E-state index contributed by atoms with van der Waals surface area (Å²) < 4.78 is 19.5. The lowest BCUT2D eigenvalue weighted by Gasteiger charge is -2.36. The predicted molar refractivity (Wildman–Crippen MR) is 115 cm³/mol. The Labute approximate surface area is 171 Å². The summed E-state index contributed by atoms with van der Waals surface area (Å²) in [7, 11) is 1.68. The molecule has 2 aromatic carbocycles. The molecule has 1 aromatic heterocycles. The highest BCUT2D eigenvalue weighted by Crippen LogP contribution is 2.28. The molecule has 0 amide bonds. The van der Waals surface area contributed by atoms with Gasteiger partial charge in [0.25, 0.3) is 0 Å². The monoisotopic (exact) mass is 391 g/mol. The van der Waals surface area contributed by atoms with E-state index in [4.69, 9.17) is 4.74 Å². The van der Waals surface area contributed by atoms with Gasteiger partial charge in [0.2, 0.25) is 0 Å². The van der Waals surface area contributed by atoms with Crippen LogP contribution >= 0.6 is 0 Å². The lowest BCUT2D eigenvalue weighted by molar-refractivity contribution is 0.413. The number of piperidine rings is 1. The van der Waals surface area contributed by atoms with Gasteiger partial charge in [-0.15, -0.1) is 0 Å². The van der Waals surface area contributed by atoms with E-state index >= 15 is 0 Å². The molecule has 1 saturated heterocycles. The number of aromatic nitrogens is 1. The molecule has 0 spiro atoms. The van der Waals surface area contributed by atoms with E-state index in [-0.39, 0.29) is 5.82 Å². The van der Waals surface area contributed by atoms with E-state index in [1.807, 2.05) is 30.3 Å². The van der Waals surface area contributed by atoms with E-state index in [0.29, 0.717) is 17.3 Å². The second-order valence-corrected chi connectivity index (χ2v) is 7.34. The van der Waals surface area contributed by atoms with Crippen LogP contribution in [0.2, 0.25) is 0 Å². The van der Waals surface area contributed by atoms with Crippen LogP contribution in [0.3, 0.4) is 0 Å². The summed E-state index contributed by atoms with van der Waals surface area (Å²) in [6.45, 7) is 2.79. The number of halogens is 1. The number of hydrogen-bond donors (Lipinski definition) is 1. The summed E-state index contributed by atoms with van der Waals surface area (Å²) in [5, 5.41) is 3.44. The maximum atomic E-state index is 14.2. The largest absolute Gasteiger partial charge is 0.497 e. The summed E-state index contributed by atoms with van der Waals surface area (Å²) in [6.07, 6.45) is 3.96. The van der Waals surface area contributed by atoms with Crippen LogP contribution in [0.25, 0.3) is 11.3 Å². The quantitative estimate of drug-likeness (QED) is 0.663. The van der Waals surface area contributed by atoms with Gasteiger partial charge in [0, 0.05) is 30.0 Å². The highest BCUT2D eigenvalue weighted by Gasteiger charge is 2.22. The van der Waals surface area contributed by atoms with Crippen molar-refractivity contribution >= 4 is 5.69 Å². The standard InChI is InChI=1S/C24H26FN3O/c1-29-21-8-6-19(7-9-21)28(20-11-13-26-14-12-20)17-18-10-15-27-24(16-18)22-4-2-3-5-23(22)25/h2-10,15-16,20,26H,11-14,17H2,1H3. The van der Waals surface area contributed by atoms with E-state index in [2.05, 4.69) is 27.3 Å². The first-order valence-electron chi connectivity index (χ1n) is 10.1. The number of anilines is 1. The number of benzene rings is 2. The first kappa shape index (κ1) is 19.4. The summed E-state index contributed by atoms with van der Waals surface area (Å²) in [5.74, 6) is 0.604. The average Bonchev–Trinajstić information content (AvgIpc) is 2.79. The Morgan fingerprint density at radius 1 is 1.07 bits per heavy atom. The smallest absolute Gasteiger partial charge is 0.132 e. The maximum Gasteiger partial charge on any atom is 0.132 e.